The Morgan fingerprint density at radius 1 is 1.10 bits per heavy atom. The van der Waals surface area contributed by atoms with Gasteiger partial charge in [-0.05, 0) is 36.4 Å². The van der Waals surface area contributed by atoms with Crippen LogP contribution in [0.3, 0.4) is 0 Å². The Hall–Kier alpha value is -2.49. The monoisotopic (exact) mass is 270 g/mol. The van der Waals surface area contributed by atoms with Crippen LogP contribution in [0.2, 0.25) is 0 Å². The molecule has 2 aromatic carbocycles. The first-order chi connectivity index (χ1) is 9.66. The highest BCUT2D eigenvalue weighted by atomic mass is 16.5. The summed E-state index contributed by atoms with van der Waals surface area (Å²) in [6, 6.07) is 16.7. The summed E-state index contributed by atoms with van der Waals surface area (Å²) >= 11 is 0. The van der Waals surface area contributed by atoms with Crippen LogP contribution in [0.1, 0.15) is 6.42 Å². The molecule has 4 heteroatoms. The van der Waals surface area contributed by atoms with E-state index >= 15 is 0 Å². The molecular weight excluding hydrogens is 252 g/mol. The minimum Gasteiger partial charge on any atom is -0.493 e. The first-order valence-corrected chi connectivity index (χ1v) is 6.47. The predicted molar refractivity (Wildman–Crippen MR) is 80.8 cm³/mol. The fraction of sp³-hybridized carbons (Fsp3) is 0.188. The van der Waals surface area contributed by atoms with Gasteiger partial charge in [0.1, 0.15) is 5.75 Å². The third kappa shape index (κ3) is 3.75. The van der Waals surface area contributed by atoms with Crippen molar-refractivity contribution in [2.24, 2.45) is 0 Å². The second-order valence-electron chi connectivity index (χ2n) is 4.46. The number of hydrogen-bond acceptors (Lipinski definition) is 3. The topological polar surface area (TPSA) is 55.6 Å². The summed E-state index contributed by atoms with van der Waals surface area (Å²) in [5.74, 6) is 0.779. The van der Waals surface area contributed by atoms with E-state index in [4.69, 9.17) is 10.5 Å². The molecule has 0 heterocycles. The maximum absolute atomic E-state index is 12.0. The van der Waals surface area contributed by atoms with Crippen molar-refractivity contribution in [1.29, 1.82) is 0 Å². The van der Waals surface area contributed by atoms with Crippen molar-refractivity contribution in [3.05, 3.63) is 54.6 Å². The molecule has 0 spiro atoms. The van der Waals surface area contributed by atoms with Crippen LogP contribution in [0.4, 0.5) is 11.4 Å². The van der Waals surface area contributed by atoms with Gasteiger partial charge in [-0.1, -0.05) is 18.2 Å². The number of carbonyl (C=O) groups is 1. The van der Waals surface area contributed by atoms with Gasteiger partial charge < -0.3 is 15.4 Å². The summed E-state index contributed by atoms with van der Waals surface area (Å²) in [7, 11) is 1.75. The molecule has 2 N–H and O–H groups in total. The average molecular weight is 270 g/mol. The lowest BCUT2D eigenvalue weighted by atomic mass is 10.2. The summed E-state index contributed by atoms with van der Waals surface area (Å²) < 4.78 is 5.51. The Morgan fingerprint density at radius 2 is 1.75 bits per heavy atom. The van der Waals surface area contributed by atoms with Crippen molar-refractivity contribution in [2.75, 3.05) is 24.3 Å². The molecule has 2 rings (SSSR count). The van der Waals surface area contributed by atoms with Gasteiger partial charge in [-0.15, -0.1) is 0 Å². The molecule has 0 radical (unpaired) electrons. The largest absolute Gasteiger partial charge is 0.493 e. The van der Waals surface area contributed by atoms with E-state index in [-0.39, 0.29) is 5.91 Å². The van der Waals surface area contributed by atoms with Gasteiger partial charge in [-0.25, -0.2) is 0 Å². The Labute approximate surface area is 118 Å². The molecule has 0 unspecified atom stereocenters. The van der Waals surface area contributed by atoms with E-state index in [0.717, 1.165) is 11.4 Å². The molecule has 0 fully saturated rings. The second-order valence-corrected chi connectivity index (χ2v) is 4.46. The fourth-order valence-electron chi connectivity index (χ4n) is 1.78. The Bertz CT molecular complexity index is 552. The summed E-state index contributed by atoms with van der Waals surface area (Å²) in [5, 5.41) is 0. The van der Waals surface area contributed by atoms with Gasteiger partial charge in [0, 0.05) is 18.4 Å². The molecule has 20 heavy (non-hydrogen) atoms. The normalized spacial score (nSPS) is 10.1. The lowest BCUT2D eigenvalue weighted by Crippen LogP contribution is -2.27. The number of amides is 1. The number of ether oxygens (including phenoxy) is 1. The van der Waals surface area contributed by atoms with Crippen LogP contribution in [0.15, 0.2) is 54.6 Å². The van der Waals surface area contributed by atoms with Crippen molar-refractivity contribution >= 4 is 17.3 Å². The van der Waals surface area contributed by atoms with Crippen LogP contribution in [0, 0.1) is 0 Å². The number of nitrogens with two attached hydrogens (primary N) is 1. The van der Waals surface area contributed by atoms with Gasteiger partial charge in [-0.2, -0.15) is 0 Å². The first-order valence-electron chi connectivity index (χ1n) is 6.47. The summed E-state index contributed by atoms with van der Waals surface area (Å²) in [5.41, 5.74) is 7.13. The lowest BCUT2D eigenvalue weighted by Gasteiger charge is -2.17. The molecule has 0 atom stereocenters. The Kier molecular flexibility index (Phi) is 4.60. The third-order valence-corrected chi connectivity index (χ3v) is 2.98. The molecule has 0 aliphatic rings. The zero-order valence-corrected chi connectivity index (χ0v) is 11.5. The number of nitrogens with zero attached hydrogens (tertiary/aromatic N) is 1. The molecule has 104 valence electrons. The highest BCUT2D eigenvalue weighted by Gasteiger charge is 2.10. The van der Waals surface area contributed by atoms with Crippen molar-refractivity contribution in [2.45, 2.75) is 6.42 Å². The van der Waals surface area contributed by atoms with Gasteiger partial charge >= 0.3 is 0 Å². The molecule has 0 saturated carbocycles. The standard InChI is InChI=1S/C16H18N2O2/c1-18(14-9-7-13(17)8-10-14)16(19)11-12-20-15-5-3-2-4-6-15/h2-10H,11-12,17H2,1H3. The van der Waals surface area contributed by atoms with E-state index in [9.17, 15) is 4.79 Å². The van der Waals surface area contributed by atoms with Crippen molar-refractivity contribution in [3.8, 4) is 5.75 Å². The zero-order chi connectivity index (χ0) is 14.4. The third-order valence-electron chi connectivity index (χ3n) is 2.98. The molecule has 0 aliphatic carbocycles. The molecule has 0 aliphatic heterocycles. The minimum absolute atomic E-state index is 0.00528. The quantitative estimate of drug-likeness (QED) is 0.850. The fourth-order valence-corrected chi connectivity index (χ4v) is 1.78. The van der Waals surface area contributed by atoms with Crippen molar-refractivity contribution < 1.29 is 9.53 Å². The lowest BCUT2D eigenvalue weighted by molar-refractivity contribution is -0.118. The number of benzene rings is 2. The molecule has 0 saturated heterocycles. The maximum Gasteiger partial charge on any atom is 0.230 e. The zero-order valence-electron chi connectivity index (χ0n) is 11.5. The van der Waals surface area contributed by atoms with Crippen molar-refractivity contribution in [3.63, 3.8) is 0 Å². The first kappa shape index (κ1) is 13.9. The van der Waals surface area contributed by atoms with Gasteiger partial charge in [0.2, 0.25) is 5.91 Å². The average Bonchev–Trinajstić information content (AvgIpc) is 2.48. The number of rotatable bonds is 5. The van der Waals surface area contributed by atoms with Crippen molar-refractivity contribution in [1.82, 2.24) is 0 Å². The van der Waals surface area contributed by atoms with Gasteiger partial charge in [0.25, 0.3) is 0 Å². The van der Waals surface area contributed by atoms with Crippen LogP contribution in [0.25, 0.3) is 0 Å². The highest BCUT2D eigenvalue weighted by molar-refractivity contribution is 5.92. The summed E-state index contributed by atoms with van der Waals surface area (Å²) in [6.45, 7) is 0.363. The smallest absolute Gasteiger partial charge is 0.230 e. The summed E-state index contributed by atoms with van der Waals surface area (Å²) in [6.07, 6.45) is 0.329. The number of nitrogen functional groups attached to an aromatic ring is 1. The molecule has 1 amide bonds. The van der Waals surface area contributed by atoms with Gasteiger partial charge in [0.15, 0.2) is 0 Å². The molecule has 4 nitrogen and oxygen atoms in total. The highest BCUT2D eigenvalue weighted by Crippen LogP contribution is 2.16. The number of hydrogen-bond donors (Lipinski definition) is 1. The Balaban J connectivity index is 1.84. The molecule has 0 aromatic heterocycles. The number of anilines is 2. The van der Waals surface area contributed by atoms with Gasteiger partial charge in [-0.3, -0.25) is 4.79 Å². The van der Waals surface area contributed by atoms with E-state index in [0.29, 0.717) is 18.7 Å². The summed E-state index contributed by atoms with van der Waals surface area (Å²) in [4.78, 5) is 13.6. The van der Waals surface area contributed by atoms with Crippen LogP contribution < -0.4 is 15.4 Å². The Morgan fingerprint density at radius 3 is 2.40 bits per heavy atom. The van der Waals surface area contributed by atoms with Crippen LogP contribution >= 0.6 is 0 Å². The van der Waals surface area contributed by atoms with Crippen LogP contribution in [-0.4, -0.2) is 19.6 Å². The van der Waals surface area contributed by atoms with Crippen LogP contribution in [0.5, 0.6) is 5.75 Å². The van der Waals surface area contributed by atoms with E-state index in [1.807, 2.05) is 42.5 Å². The number of para-hydroxylation sites is 1. The number of carbonyl (C=O) groups excluding carboxylic acids is 1. The molecule has 2 aromatic rings. The van der Waals surface area contributed by atoms with E-state index in [1.54, 1.807) is 24.1 Å². The van der Waals surface area contributed by atoms with E-state index in [1.165, 1.54) is 0 Å². The van der Waals surface area contributed by atoms with E-state index in [2.05, 4.69) is 0 Å². The SMILES string of the molecule is CN(C(=O)CCOc1ccccc1)c1ccc(N)cc1. The second kappa shape index (κ2) is 6.61. The molecular formula is C16H18N2O2. The molecule has 0 bridgehead atoms. The van der Waals surface area contributed by atoms with Gasteiger partial charge in [0.05, 0.1) is 13.0 Å². The minimum atomic E-state index is 0.00528. The predicted octanol–water partition coefficient (Wildman–Crippen LogP) is 2.70. The maximum atomic E-state index is 12.0. The van der Waals surface area contributed by atoms with Crippen LogP contribution in [-0.2, 0) is 4.79 Å². The van der Waals surface area contributed by atoms with E-state index < -0.39 is 0 Å².